The molecule has 4 bridgehead atoms. The Morgan fingerprint density at radius 2 is 1.81 bits per heavy atom. The van der Waals surface area contributed by atoms with Crippen LogP contribution in [-0.4, -0.2) is 54.1 Å². The van der Waals surface area contributed by atoms with Gasteiger partial charge in [-0.05, 0) is 86.1 Å². The quantitative estimate of drug-likeness (QED) is 0.163. The predicted octanol–water partition coefficient (Wildman–Crippen LogP) is 8.72. The van der Waals surface area contributed by atoms with Crippen LogP contribution in [0.5, 0.6) is 11.5 Å². The van der Waals surface area contributed by atoms with Crippen molar-refractivity contribution < 1.29 is 41.0 Å². The molecule has 5 aromatic rings. The summed E-state index contributed by atoms with van der Waals surface area (Å²) in [5, 5.41) is 5.21. The molecule has 13 heteroatoms. The second kappa shape index (κ2) is 16.0. The molecule has 0 fully saturated rings. The van der Waals surface area contributed by atoms with E-state index < -0.39 is 43.5 Å². The summed E-state index contributed by atoms with van der Waals surface area (Å²) in [5.41, 5.74) is 1.78. The number of fused-ring (bicyclic) bond motifs is 8. The highest BCUT2D eigenvalue weighted by Crippen LogP contribution is 2.39. The molecule has 1 N–H and O–H groups in total. The molecule has 54 heavy (non-hydrogen) atoms. The summed E-state index contributed by atoms with van der Waals surface area (Å²) in [6.45, 7) is 7.19. The minimum Gasteiger partial charge on any atom is -0.466 e. The van der Waals surface area contributed by atoms with Crippen molar-refractivity contribution in [2.45, 2.75) is 65.8 Å². The zero-order valence-electron chi connectivity index (χ0n) is 30.7. The molecule has 2 aromatic heterocycles. The zero-order chi connectivity index (χ0) is 38.6. The number of rotatable bonds is 7. The number of esters is 2. The van der Waals surface area contributed by atoms with Crippen LogP contribution in [0.2, 0.25) is 0 Å². The molecule has 0 spiro atoms. The van der Waals surface area contributed by atoms with E-state index in [1.54, 1.807) is 43.1 Å². The Bertz CT molecular complexity index is 2330. The van der Waals surface area contributed by atoms with Crippen LogP contribution in [0.25, 0.3) is 28.2 Å². The van der Waals surface area contributed by atoms with Crippen molar-refractivity contribution in [2.75, 3.05) is 19.0 Å². The lowest BCUT2D eigenvalue weighted by molar-refractivity contribution is -0.143. The van der Waals surface area contributed by atoms with Crippen molar-refractivity contribution in [2.24, 2.45) is 5.41 Å². The van der Waals surface area contributed by atoms with E-state index in [4.69, 9.17) is 19.3 Å². The van der Waals surface area contributed by atoms with Crippen LogP contribution < -0.4 is 4.74 Å². The van der Waals surface area contributed by atoms with Crippen LogP contribution >= 0.6 is 0 Å². The maximum Gasteiger partial charge on any atom is 0.349 e. The Labute approximate surface area is 313 Å². The molecule has 0 saturated carbocycles. The first-order chi connectivity index (χ1) is 25.8. The highest BCUT2D eigenvalue weighted by atomic mass is 32.2. The molecule has 0 amide bonds. The fourth-order valence-electron chi connectivity index (χ4n) is 6.90. The van der Waals surface area contributed by atoms with E-state index in [-0.39, 0.29) is 47.7 Å². The smallest absolute Gasteiger partial charge is 0.349 e. The van der Waals surface area contributed by atoms with E-state index in [0.29, 0.717) is 48.9 Å². The minimum absolute atomic E-state index is 0.000665. The van der Waals surface area contributed by atoms with Gasteiger partial charge in [0, 0.05) is 46.9 Å². The number of aromatic amines is 1. The van der Waals surface area contributed by atoms with Gasteiger partial charge in [0.15, 0.2) is 26.3 Å². The Kier molecular flexibility index (Phi) is 11.4. The first-order valence-corrected chi connectivity index (χ1v) is 19.6. The van der Waals surface area contributed by atoms with Gasteiger partial charge in [-0.2, -0.15) is 5.10 Å². The van der Waals surface area contributed by atoms with Crippen molar-refractivity contribution in [3.63, 3.8) is 0 Å². The number of hydrogen-bond acceptors (Lipinski definition) is 8. The lowest BCUT2D eigenvalue weighted by Crippen LogP contribution is -2.28. The average Bonchev–Trinajstić information content (AvgIpc) is 3.79. The van der Waals surface area contributed by atoms with Crippen LogP contribution in [0, 0.1) is 17.0 Å². The van der Waals surface area contributed by atoms with E-state index in [9.17, 15) is 18.0 Å². The molecule has 1 atom stereocenters. The van der Waals surface area contributed by atoms with Crippen molar-refractivity contribution in [3.05, 3.63) is 106 Å². The Balaban J connectivity index is 1.49. The normalized spacial score (nSPS) is 18.0. The van der Waals surface area contributed by atoms with Gasteiger partial charge in [0.05, 0.1) is 30.7 Å². The number of hydrogen-bond donors (Lipinski definition) is 1. The number of carbonyl (C=O) groups is 2. The minimum atomic E-state index is -4.33. The zero-order valence-corrected chi connectivity index (χ0v) is 31.5. The van der Waals surface area contributed by atoms with E-state index >= 15 is 8.78 Å². The third-order valence-corrected chi connectivity index (χ3v) is 11.5. The fourth-order valence-corrected chi connectivity index (χ4v) is 8.84. The molecular weight excluding hydrogens is 717 g/mol. The van der Waals surface area contributed by atoms with E-state index in [0.717, 1.165) is 17.2 Å². The number of nitrogens with one attached hydrogen (secondary N) is 1. The summed E-state index contributed by atoms with van der Waals surface area (Å²) in [6.07, 6.45) is 6.67. The van der Waals surface area contributed by atoms with Crippen molar-refractivity contribution in [1.29, 1.82) is 0 Å². The van der Waals surface area contributed by atoms with Gasteiger partial charge >= 0.3 is 11.9 Å². The van der Waals surface area contributed by atoms with Gasteiger partial charge in [0.25, 0.3) is 0 Å². The SMILES string of the molecule is CCOC(=O)CCc1cccc(C2CCCC(C)(C)CS(=O)(=O)/C(C(=O)OCC)=C\c3c(c(F)cc4[nH]ccc34)Oc3ccc(F)c(c3)-c3ccn2n3)c1. The van der Waals surface area contributed by atoms with Crippen molar-refractivity contribution in [3.8, 4) is 22.8 Å². The van der Waals surface area contributed by atoms with Crippen LogP contribution in [-0.2, 0) is 35.3 Å². The number of aromatic nitrogens is 3. The molecule has 1 unspecified atom stereocenters. The number of benzene rings is 3. The maximum atomic E-state index is 15.9. The van der Waals surface area contributed by atoms with Gasteiger partial charge in [-0.3, -0.25) is 9.48 Å². The van der Waals surface area contributed by atoms with Gasteiger partial charge < -0.3 is 19.2 Å². The van der Waals surface area contributed by atoms with E-state index in [1.807, 2.05) is 38.1 Å². The first-order valence-electron chi connectivity index (χ1n) is 18.0. The summed E-state index contributed by atoms with van der Waals surface area (Å²) in [5.74, 6) is -3.47. The highest BCUT2D eigenvalue weighted by Gasteiger charge is 2.34. The van der Waals surface area contributed by atoms with Crippen molar-refractivity contribution >= 4 is 38.8 Å². The highest BCUT2D eigenvalue weighted by molar-refractivity contribution is 7.96. The van der Waals surface area contributed by atoms with E-state index in [2.05, 4.69) is 4.98 Å². The molecule has 3 heterocycles. The lowest BCUT2D eigenvalue weighted by Gasteiger charge is -2.26. The molecule has 6 rings (SSSR count). The molecule has 0 saturated heterocycles. The summed E-state index contributed by atoms with van der Waals surface area (Å²) < 4.78 is 78.1. The van der Waals surface area contributed by atoms with Crippen LogP contribution in [0.4, 0.5) is 8.78 Å². The van der Waals surface area contributed by atoms with Crippen LogP contribution in [0.1, 0.15) is 76.1 Å². The molecule has 0 aliphatic carbocycles. The topological polar surface area (TPSA) is 130 Å². The second-order valence-corrected chi connectivity index (χ2v) is 16.0. The largest absolute Gasteiger partial charge is 0.466 e. The number of ether oxygens (including phenoxy) is 3. The number of carbonyl (C=O) groups excluding carboxylic acids is 2. The van der Waals surface area contributed by atoms with Gasteiger partial charge in [-0.1, -0.05) is 44.5 Å². The number of sulfone groups is 1. The lowest BCUT2D eigenvalue weighted by atomic mass is 9.87. The molecule has 1 aliphatic heterocycles. The number of aryl methyl sites for hydroxylation is 1. The first kappa shape index (κ1) is 38.4. The predicted molar refractivity (Wildman–Crippen MR) is 202 cm³/mol. The van der Waals surface area contributed by atoms with Gasteiger partial charge in [-0.25, -0.2) is 22.0 Å². The second-order valence-electron chi connectivity index (χ2n) is 14.1. The number of H-pyrrole nitrogens is 1. The van der Waals surface area contributed by atoms with Gasteiger partial charge in [0.1, 0.15) is 11.6 Å². The number of nitrogens with zero attached hydrogens (tertiary/aromatic N) is 2. The van der Waals surface area contributed by atoms with Crippen LogP contribution in [0.3, 0.4) is 0 Å². The molecule has 0 radical (unpaired) electrons. The summed E-state index contributed by atoms with van der Waals surface area (Å²) in [6, 6.07) is 15.9. The Hall–Kier alpha value is -5.30. The standard InChI is InChI=1S/C41H43F2N3O7S/c1-5-51-38(47)15-12-26-9-7-10-27(21-26)36-11-8-18-41(3,4)25-54(49,50)37(40(48)52-6-2)23-30-29-16-19-44-35(29)24-33(43)39(30)53-28-13-14-32(42)31(22-28)34-17-20-46(36)45-34/h7,9-10,13-14,16-17,19-24,36,44H,5-6,8,11-12,15,18,25H2,1-4H3/b37-23-. The summed E-state index contributed by atoms with van der Waals surface area (Å²) in [4.78, 5) is 27.8. The van der Waals surface area contributed by atoms with Gasteiger partial charge in [-0.15, -0.1) is 0 Å². The maximum absolute atomic E-state index is 15.9. The third-order valence-electron chi connectivity index (χ3n) is 9.42. The molecule has 3 aromatic carbocycles. The molecule has 1 aliphatic rings. The molecule has 284 valence electrons. The monoisotopic (exact) mass is 759 g/mol. The molecule has 10 nitrogen and oxygen atoms in total. The average molecular weight is 760 g/mol. The van der Waals surface area contributed by atoms with E-state index in [1.165, 1.54) is 24.3 Å². The van der Waals surface area contributed by atoms with Crippen LogP contribution in [0.15, 0.2) is 78.0 Å². The summed E-state index contributed by atoms with van der Waals surface area (Å²) >= 11 is 0. The third kappa shape index (κ3) is 8.57. The molecular formula is C41H43F2N3O7S. The summed E-state index contributed by atoms with van der Waals surface area (Å²) in [7, 11) is -4.33. The number of halogens is 2. The fraction of sp³-hybridized carbons (Fsp3) is 0.341. The Morgan fingerprint density at radius 1 is 1.02 bits per heavy atom. The Morgan fingerprint density at radius 3 is 2.59 bits per heavy atom. The van der Waals surface area contributed by atoms with Crippen molar-refractivity contribution in [1.82, 2.24) is 14.8 Å². The van der Waals surface area contributed by atoms with Gasteiger partial charge in [0.2, 0.25) is 0 Å².